The maximum absolute atomic E-state index is 11.9. The van der Waals surface area contributed by atoms with Crippen molar-refractivity contribution in [3.8, 4) is 0 Å². The van der Waals surface area contributed by atoms with Crippen LogP contribution in [0.25, 0.3) is 0 Å². The predicted octanol–water partition coefficient (Wildman–Crippen LogP) is 2.74. The minimum Gasteiger partial charge on any atom is -0.387 e. The second-order valence-corrected chi connectivity index (χ2v) is 5.92. The van der Waals surface area contributed by atoms with Crippen LogP contribution < -0.4 is 5.32 Å². The molecular weight excluding hydrogens is 284 g/mol. The smallest absolute Gasteiger partial charge is 0.192 e. The quantitative estimate of drug-likeness (QED) is 0.772. The molecule has 0 saturated heterocycles. The minimum absolute atomic E-state index is 0.0435. The highest BCUT2D eigenvalue weighted by molar-refractivity contribution is 7.11. The number of aryl methyl sites for hydroxylation is 1. The molecule has 0 aliphatic rings. The Morgan fingerprint density at radius 2 is 2.10 bits per heavy atom. The van der Waals surface area contributed by atoms with Crippen molar-refractivity contribution in [1.82, 2.24) is 10.3 Å². The maximum atomic E-state index is 11.9. The second-order valence-electron chi connectivity index (χ2n) is 5.07. The van der Waals surface area contributed by atoms with Crippen LogP contribution in [0.4, 0.5) is 0 Å². The molecule has 1 heterocycles. The van der Waals surface area contributed by atoms with Crippen LogP contribution in [-0.4, -0.2) is 28.5 Å². The summed E-state index contributed by atoms with van der Waals surface area (Å²) in [6.07, 6.45) is -0.192. The summed E-state index contributed by atoms with van der Waals surface area (Å²) in [7, 11) is 0. The summed E-state index contributed by atoms with van der Waals surface area (Å²) < 4.78 is 0. The van der Waals surface area contributed by atoms with E-state index in [1.807, 2.05) is 49.6 Å². The number of aromatic nitrogens is 1. The van der Waals surface area contributed by atoms with Gasteiger partial charge in [-0.2, -0.15) is 0 Å². The van der Waals surface area contributed by atoms with Crippen molar-refractivity contribution in [3.63, 3.8) is 0 Å². The first-order valence-corrected chi connectivity index (χ1v) is 7.87. The molecule has 0 spiro atoms. The van der Waals surface area contributed by atoms with Crippen LogP contribution in [0.3, 0.4) is 0 Å². The lowest BCUT2D eigenvalue weighted by atomic mass is 10.0. The molecule has 5 heteroatoms. The van der Waals surface area contributed by atoms with Crippen molar-refractivity contribution in [2.24, 2.45) is 0 Å². The van der Waals surface area contributed by atoms with Gasteiger partial charge in [0.1, 0.15) is 0 Å². The number of carbonyl (C=O) groups excluding carboxylic acids is 1. The van der Waals surface area contributed by atoms with E-state index in [9.17, 15) is 9.90 Å². The van der Waals surface area contributed by atoms with Gasteiger partial charge in [-0.15, -0.1) is 11.3 Å². The molecule has 0 radical (unpaired) electrons. The topological polar surface area (TPSA) is 62.2 Å². The number of ketones is 1. The zero-order valence-corrected chi connectivity index (χ0v) is 13.1. The van der Waals surface area contributed by atoms with E-state index >= 15 is 0 Å². The molecule has 0 aliphatic carbocycles. The fourth-order valence-corrected chi connectivity index (χ4v) is 2.82. The number of carbonyl (C=O) groups is 1. The lowest BCUT2D eigenvalue weighted by Gasteiger charge is -2.20. The van der Waals surface area contributed by atoms with Gasteiger partial charge in [0.25, 0.3) is 0 Å². The van der Waals surface area contributed by atoms with Crippen LogP contribution >= 0.6 is 11.3 Å². The van der Waals surface area contributed by atoms with E-state index in [1.165, 1.54) is 11.3 Å². The Morgan fingerprint density at radius 1 is 1.38 bits per heavy atom. The van der Waals surface area contributed by atoms with Crippen molar-refractivity contribution < 1.29 is 9.90 Å². The summed E-state index contributed by atoms with van der Waals surface area (Å²) in [5.41, 5.74) is 1.75. The van der Waals surface area contributed by atoms with Gasteiger partial charge in [-0.1, -0.05) is 30.3 Å². The first-order chi connectivity index (χ1) is 10.1. The van der Waals surface area contributed by atoms with Crippen LogP contribution in [0.5, 0.6) is 0 Å². The van der Waals surface area contributed by atoms with Gasteiger partial charge in [0, 0.05) is 30.1 Å². The average molecular weight is 304 g/mol. The number of thiazole rings is 1. The molecule has 0 amide bonds. The van der Waals surface area contributed by atoms with Crippen LogP contribution in [0.1, 0.15) is 40.5 Å². The molecule has 0 fully saturated rings. The Hall–Kier alpha value is -1.56. The standard InChI is InChI=1S/C16H20N2O2S/c1-11-10-21-16(18-11)14(19)8-9-17-12(2)15(20)13-6-4-3-5-7-13/h3-7,10,12,15,17,20H,8-9H2,1-2H3. The molecule has 2 unspecified atom stereocenters. The molecule has 21 heavy (non-hydrogen) atoms. The molecule has 1 aromatic heterocycles. The third-order valence-electron chi connectivity index (χ3n) is 3.29. The maximum Gasteiger partial charge on any atom is 0.192 e. The van der Waals surface area contributed by atoms with Crippen LogP contribution in [0, 0.1) is 6.92 Å². The highest BCUT2D eigenvalue weighted by atomic mass is 32.1. The Morgan fingerprint density at radius 3 is 2.71 bits per heavy atom. The highest BCUT2D eigenvalue weighted by Crippen LogP contribution is 2.16. The van der Waals surface area contributed by atoms with Crippen LogP contribution in [0.2, 0.25) is 0 Å². The fourth-order valence-electron chi connectivity index (χ4n) is 2.05. The van der Waals surface area contributed by atoms with Gasteiger partial charge in [0.15, 0.2) is 10.8 Å². The molecule has 4 nitrogen and oxygen atoms in total. The molecule has 1 aromatic carbocycles. The van der Waals surface area contributed by atoms with Gasteiger partial charge in [0.05, 0.1) is 6.10 Å². The third kappa shape index (κ3) is 4.46. The van der Waals surface area contributed by atoms with Gasteiger partial charge in [0.2, 0.25) is 0 Å². The molecule has 0 aliphatic heterocycles. The molecule has 2 atom stereocenters. The van der Waals surface area contributed by atoms with E-state index in [4.69, 9.17) is 0 Å². The lowest BCUT2D eigenvalue weighted by molar-refractivity contribution is 0.0971. The Balaban J connectivity index is 1.79. The van der Waals surface area contributed by atoms with Gasteiger partial charge < -0.3 is 10.4 Å². The molecule has 0 saturated carbocycles. The largest absolute Gasteiger partial charge is 0.387 e. The zero-order chi connectivity index (χ0) is 15.2. The Bertz CT molecular complexity index is 583. The number of aliphatic hydroxyl groups is 1. The highest BCUT2D eigenvalue weighted by Gasteiger charge is 2.16. The van der Waals surface area contributed by atoms with Gasteiger partial charge in [-0.25, -0.2) is 4.98 Å². The normalized spacial score (nSPS) is 13.9. The molecule has 2 N–H and O–H groups in total. The number of nitrogens with zero attached hydrogens (tertiary/aromatic N) is 1. The summed E-state index contributed by atoms with van der Waals surface area (Å²) in [4.78, 5) is 16.1. The second kappa shape index (κ2) is 7.45. The number of benzene rings is 1. The zero-order valence-electron chi connectivity index (χ0n) is 12.2. The number of aliphatic hydroxyl groups excluding tert-OH is 1. The van der Waals surface area contributed by atoms with Gasteiger partial charge in [-0.3, -0.25) is 4.79 Å². The van der Waals surface area contributed by atoms with Crippen LogP contribution in [-0.2, 0) is 0 Å². The van der Waals surface area contributed by atoms with E-state index in [-0.39, 0.29) is 11.8 Å². The van der Waals surface area contributed by atoms with E-state index in [2.05, 4.69) is 10.3 Å². The summed E-state index contributed by atoms with van der Waals surface area (Å²) >= 11 is 1.38. The Kier molecular flexibility index (Phi) is 5.61. The van der Waals surface area contributed by atoms with Gasteiger partial charge >= 0.3 is 0 Å². The first-order valence-electron chi connectivity index (χ1n) is 6.99. The number of hydrogen-bond donors (Lipinski definition) is 2. The third-order valence-corrected chi connectivity index (χ3v) is 4.29. The monoisotopic (exact) mass is 304 g/mol. The first kappa shape index (κ1) is 15.8. The number of nitrogens with one attached hydrogen (secondary N) is 1. The van der Waals surface area contributed by atoms with E-state index < -0.39 is 6.10 Å². The number of rotatable bonds is 7. The van der Waals surface area contributed by atoms with Crippen molar-refractivity contribution in [2.75, 3.05) is 6.54 Å². The van der Waals surface area contributed by atoms with E-state index in [0.29, 0.717) is 18.0 Å². The van der Waals surface area contributed by atoms with E-state index in [0.717, 1.165) is 11.3 Å². The Labute approximate surface area is 128 Å². The van der Waals surface area contributed by atoms with E-state index in [1.54, 1.807) is 0 Å². The molecule has 2 rings (SSSR count). The lowest BCUT2D eigenvalue weighted by Crippen LogP contribution is -2.33. The fraction of sp³-hybridized carbons (Fsp3) is 0.375. The van der Waals surface area contributed by atoms with Crippen molar-refractivity contribution in [1.29, 1.82) is 0 Å². The minimum atomic E-state index is -0.580. The molecule has 0 bridgehead atoms. The summed E-state index contributed by atoms with van der Waals surface area (Å²) in [6.45, 7) is 4.32. The summed E-state index contributed by atoms with van der Waals surface area (Å²) in [6, 6.07) is 9.40. The molecule has 112 valence electrons. The van der Waals surface area contributed by atoms with Crippen molar-refractivity contribution in [2.45, 2.75) is 32.4 Å². The predicted molar refractivity (Wildman–Crippen MR) is 84.7 cm³/mol. The van der Waals surface area contributed by atoms with Crippen LogP contribution in [0.15, 0.2) is 35.7 Å². The molecular formula is C16H20N2O2S. The van der Waals surface area contributed by atoms with Gasteiger partial charge in [-0.05, 0) is 19.4 Å². The summed E-state index contributed by atoms with van der Waals surface area (Å²) in [5, 5.41) is 15.8. The van der Waals surface area contributed by atoms with Crippen molar-refractivity contribution in [3.05, 3.63) is 52.0 Å². The molecule has 2 aromatic rings. The number of hydrogen-bond acceptors (Lipinski definition) is 5. The SMILES string of the molecule is Cc1csc(C(=O)CCNC(C)C(O)c2ccccc2)n1. The number of Topliss-reactive ketones (excluding diaryl/α,β-unsaturated/α-hetero) is 1. The van der Waals surface area contributed by atoms with Crippen molar-refractivity contribution >= 4 is 17.1 Å². The average Bonchev–Trinajstić information content (AvgIpc) is 2.94. The summed E-state index contributed by atoms with van der Waals surface area (Å²) in [5.74, 6) is 0.0435.